The summed E-state index contributed by atoms with van der Waals surface area (Å²) in [5.74, 6) is 1.04. The van der Waals surface area contributed by atoms with E-state index in [1.165, 1.54) is 25.1 Å². The number of nitrogens with one attached hydrogen (secondary N) is 1. The lowest BCUT2D eigenvalue weighted by atomic mass is 9.98. The van der Waals surface area contributed by atoms with E-state index in [9.17, 15) is 9.59 Å². The number of rotatable bonds is 7. The van der Waals surface area contributed by atoms with Crippen LogP contribution in [0.4, 0.5) is 0 Å². The van der Waals surface area contributed by atoms with Crippen LogP contribution in [0.25, 0.3) is 6.08 Å². The Morgan fingerprint density at radius 3 is 2.71 bits per heavy atom. The van der Waals surface area contributed by atoms with E-state index in [-0.39, 0.29) is 5.82 Å². The molecule has 21 heavy (non-hydrogen) atoms. The van der Waals surface area contributed by atoms with Crippen molar-refractivity contribution in [3.8, 4) is 0 Å². The van der Waals surface area contributed by atoms with E-state index in [1.807, 2.05) is 0 Å². The molecule has 0 spiro atoms. The smallest absolute Gasteiger partial charge is 0.353 e. The zero-order chi connectivity index (χ0) is 15.5. The Bertz CT molecular complexity index is 600. The Kier molecular flexibility index (Phi) is 4.65. The predicted octanol–water partition coefficient (Wildman–Crippen LogP) is 1.47. The van der Waals surface area contributed by atoms with Crippen LogP contribution in [0.5, 0.6) is 0 Å². The topological polar surface area (TPSA) is 93.8 Å². The first-order chi connectivity index (χ1) is 9.96. The van der Waals surface area contributed by atoms with Gasteiger partial charge in [-0.3, -0.25) is 4.98 Å². The number of aromatic amines is 1. The maximum Gasteiger partial charge on any atom is 0.353 e. The number of hydrogen-bond acceptors (Lipinski definition) is 4. The lowest BCUT2D eigenvalue weighted by Crippen LogP contribution is -2.37. The highest BCUT2D eigenvalue weighted by molar-refractivity contribution is 5.37. The van der Waals surface area contributed by atoms with E-state index >= 15 is 0 Å². The normalized spacial score (nSPS) is 24.6. The second kappa shape index (κ2) is 6.28. The van der Waals surface area contributed by atoms with E-state index in [0.717, 1.165) is 29.7 Å². The molecule has 0 saturated heterocycles. The van der Waals surface area contributed by atoms with Crippen molar-refractivity contribution in [1.29, 1.82) is 0 Å². The van der Waals surface area contributed by atoms with Crippen LogP contribution in [0.2, 0.25) is 0 Å². The summed E-state index contributed by atoms with van der Waals surface area (Å²) < 4.78 is 1.15. The summed E-state index contributed by atoms with van der Waals surface area (Å²) in [6, 6.07) is 0. The lowest BCUT2D eigenvalue weighted by Gasteiger charge is -2.09. The zero-order valence-electron chi connectivity index (χ0n) is 12.8. The molecule has 0 amide bonds. The second-order valence-corrected chi connectivity index (χ2v) is 6.29. The van der Waals surface area contributed by atoms with Gasteiger partial charge in [-0.25, -0.2) is 14.2 Å². The lowest BCUT2D eigenvalue weighted by molar-refractivity contribution is 0.432. The average molecular weight is 292 g/mol. The maximum atomic E-state index is 11.8. The van der Waals surface area contributed by atoms with Gasteiger partial charge in [-0.05, 0) is 42.9 Å². The zero-order valence-corrected chi connectivity index (χ0v) is 12.8. The monoisotopic (exact) mass is 292 g/mol. The van der Waals surface area contributed by atoms with Crippen LogP contribution in [0.3, 0.4) is 0 Å². The third kappa shape index (κ3) is 3.83. The molecule has 1 aromatic heterocycles. The van der Waals surface area contributed by atoms with Gasteiger partial charge in [-0.15, -0.1) is 0 Å². The first-order valence-corrected chi connectivity index (χ1v) is 7.56. The molecule has 116 valence electrons. The fourth-order valence-electron chi connectivity index (χ4n) is 2.79. The van der Waals surface area contributed by atoms with Crippen molar-refractivity contribution < 1.29 is 0 Å². The first kappa shape index (κ1) is 15.5. The van der Waals surface area contributed by atoms with Crippen LogP contribution in [-0.2, 0) is 6.54 Å². The molecule has 1 saturated carbocycles. The van der Waals surface area contributed by atoms with Gasteiger partial charge in [0.1, 0.15) is 5.82 Å². The Labute approximate surface area is 124 Å². The van der Waals surface area contributed by atoms with E-state index in [0.29, 0.717) is 12.0 Å². The number of unbranched alkanes of at least 4 members (excludes halogenated alkanes) is 2. The van der Waals surface area contributed by atoms with Crippen LogP contribution in [-0.4, -0.2) is 14.5 Å². The van der Waals surface area contributed by atoms with Gasteiger partial charge in [0.2, 0.25) is 0 Å². The minimum Gasteiger partial charge on any atom is -0.404 e. The summed E-state index contributed by atoms with van der Waals surface area (Å²) in [6.07, 6.45) is 8.19. The molecule has 0 aliphatic heterocycles. The molecule has 2 unspecified atom stereocenters. The molecule has 3 N–H and O–H groups in total. The van der Waals surface area contributed by atoms with E-state index in [1.54, 1.807) is 0 Å². The third-order valence-electron chi connectivity index (χ3n) is 4.61. The first-order valence-electron chi connectivity index (χ1n) is 7.56. The highest BCUT2D eigenvalue weighted by Crippen LogP contribution is 2.55. The van der Waals surface area contributed by atoms with Crippen molar-refractivity contribution in [1.82, 2.24) is 14.5 Å². The summed E-state index contributed by atoms with van der Waals surface area (Å²) in [7, 11) is 0. The van der Waals surface area contributed by atoms with E-state index in [4.69, 9.17) is 5.73 Å². The summed E-state index contributed by atoms with van der Waals surface area (Å²) in [4.78, 5) is 29.9. The molecule has 1 aliphatic rings. The number of aromatic nitrogens is 3. The minimum atomic E-state index is -0.519. The minimum absolute atomic E-state index is 0.194. The molecule has 0 aromatic carbocycles. The second-order valence-electron chi connectivity index (χ2n) is 6.29. The molecule has 6 nitrogen and oxygen atoms in total. The molecule has 2 rings (SSSR count). The largest absolute Gasteiger partial charge is 0.404 e. The van der Waals surface area contributed by atoms with E-state index < -0.39 is 11.4 Å². The number of nitrogens with zero attached hydrogens (tertiary/aromatic N) is 2. The van der Waals surface area contributed by atoms with Gasteiger partial charge in [0.15, 0.2) is 0 Å². The van der Waals surface area contributed by atoms with Crippen molar-refractivity contribution in [3.63, 3.8) is 0 Å². The Morgan fingerprint density at radius 2 is 2.14 bits per heavy atom. The van der Waals surface area contributed by atoms with Crippen molar-refractivity contribution >= 4 is 6.08 Å². The van der Waals surface area contributed by atoms with Crippen molar-refractivity contribution in [2.45, 2.75) is 52.5 Å². The van der Waals surface area contributed by atoms with Gasteiger partial charge in [0.25, 0.3) is 0 Å². The van der Waals surface area contributed by atoms with Gasteiger partial charge >= 0.3 is 11.4 Å². The molecular weight excluding hydrogens is 268 g/mol. The maximum absolute atomic E-state index is 11.8. The molecule has 1 fully saturated rings. The van der Waals surface area contributed by atoms with Crippen LogP contribution >= 0.6 is 0 Å². The Balaban J connectivity index is 1.83. The van der Waals surface area contributed by atoms with Crippen LogP contribution in [0.15, 0.2) is 15.8 Å². The van der Waals surface area contributed by atoms with Crippen LogP contribution in [0, 0.1) is 11.3 Å². The summed E-state index contributed by atoms with van der Waals surface area (Å²) in [6.45, 7) is 5.04. The molecule has 1 aliphatic carbocycles. The van der Waals surface area contributed by atoms with Crippen molar-refractivity contribution in [2.75, 3.05) is 0 Å². The van der Waals surface area contributed by atoms with Crippen molar-refractivity contribution in [2.24, 2.45) is 17.1 Å². The van der Waals surface area contributed by atoms with Crippen LogP contribution < -0.4 is 17.1 Å². The fourth-order valence-corrected chi connectivity index (χ4v) is 2.79. The number of nitrogens with two attached hydrogens (primary N) is 1. The van der Waals surface area contributed by atoms with Gasteiger partial charge in [0.05, 0.1) is 0 Å². The Morgan fingerprint density at radius 1 is 1.43 bits per heavy atom. The summed E-state index contributed by atoms with van der Waals surface area (Å²) in [5.41, 5.74) is 4.80. The quantitative estimate of drug-likeness (QED) is 0.744. The predicted molar refractivity (Wildman–Crippen MR) is 82.7 cm³/mol. The standard InChI is InChI=1S/C15H24N4O2/c1-11-10-15(11,2)7-4-3-5-9-19-13(20)17-12(6-8-16)18-14(19)21/h6,8,11H,3-5,7,9-10,16H2,1-2H3,(H,17,18,20,21). The molecule has 6 heteroatoms. The fraction of sp³-hybridized carbons (Fsp3) is 0.667. The summed E-state index contributed by atoms with van der Waals surface area (Å²) >= 11 is 0. The SMILES string of the molecule is CC1CC1(C)CCCCCn1c(=O)nc(C=CN)[nH]c1=O. The van der Waals surface area contributed by atoms with Gasteiger partial charge < -0.3 is 5.73 Å². The highest BCUT2D eigenvalue weighted by atomic mass is 16.2. The number of hydrogen-bond donors (Lipinski definition) is 2. The highest BCUT2D eigenvalue weighted by Gasteiger charge is 2.45. The van der Waals surface area contributed by atoms with Crippen LogP contribution in [0.1, 0.15) is 51.8 Å². The molecule has 1 heterocycles. The Hall–Kier alpha value is -1.85. The molecule has 0 bridgehead atoms. The van der Waals surface area contributed by atoms with Crippen molar-refractivity contribution in [3.05, 3.63) is 33.0 Å². The van der Waals surface area contributed by atoms with Gasteiger partial charge in [-0.2, -0.15) is 4.98 Å². The van der Waals surface area contributed by atoms with Gasteiger partial charge in [0, 0.05) is 6.54 Å². The average Bonchev–Trinajstić information content (AvgIpc) is 3.00. The number of H-pyrrole nitrogens is 1. The van der Waals surface area contributed by atoms with E-state index in [2.05, 4.69) is 23.8 Å². The molecule has 1 aromatic rings. The third-order valence-corrected chi connectivity index (χ3v) is 4.61. The molecular formula is C15H24N4O2. The summed E-state index contributed by atoms with van der Waals surface area (Å²) in [5, 5.41) is 0. The molecule has 0 radical (unpaired) electrons. The molecule has 2 atom stereocenters. The van der Waals surface area contributed by atoms with Gasteiger partial charge in [-0.1, -0.05) is 26.7 Å².